The Hall–Kier alpha value is -0.755. The van der Waals surface area contributed by atoms with Crippen LogP contribution < -0.4 is 11.2 Å². The maximum atomic E-state index is 5.71. The number of nitrogens with two attached hydrogens (primary N) is 1. The van der Waals surface area contributed by atoms with Crippen molar-refractivity contribution in [2.45, 2.75) is 19.8 Å². The van der Waals surface area contributed by atoms with Gasteiger partial charge >= 0.3 is 0 Å². The average molecular weight is 147 g/mol. The number of hydrogen-bond donors (Lipinski definition) is 1. The van der Waals surface area contributed by atoms with Crippen molar-refractivity contribution in [3.8, 4) is 0 Å². The fourth-order valence-corrected chi connectivity index (χ4v) is 1.06. The highest BCUT2D eigenvalue weighted by Gasteiger charge is 1.97. The Labute approximate surface area is 68.9 Å². The molecular weight excluding hydrogens is 133 g/mol. The Balaban J connectivity index is 2.83. The summed E-state index contributed by atoms with van der Waals surface area (Å²) in [7, 11) is 1.10. The summed E-state index contributed by atoms with van der Waals surface area (Å²) in [5, 5.41) is 0. The molecule has 1 rings (SSSR count). The van der Waals surface area contributed by atoms with Gasteiger partial charge in [-0.15, -0.1) is 0 Å². The molecule has 0 saturated heterocycles. The molecule has 0 bridgehead atoms. The van der Waals surface area contributed by atoms with E-state index in [1.807, 2.05) is 6.92 Å². The van der Waals surface area contributed by atoms with Gasteiger partial charge in [0, 0.05) is 6.04 Å². The first kappa shape index (κ1) is 8.34. The summed E-state index contributed by atoms with van der Waals surface area (Å²) in [4.78, 5) is 0. The van der Waals surface area contributed by atoms with Crippen LogP contribution in [0.4, 0.5) is 0 Å². The number of rotatable bonds is 2. The smallest absolute Gasteiger partial charge is 0.154 e. The maximum Gasteiger partial charge on any atom is 0.154 e. The quantitative estimate of drug-likeness (QED) is 0.615. The molecule has 0 aliphatic rings. The van der Waals surface area contributed by atoms with Gasteiger partial charge in [-0.1, -0.05) is 36.6 Å². The van der Waals surface area contributed by atoms with Crippen LogP contribution in [0.5, 0.6) is 0 Å². The fourth-order valence-electron chi connectivity index (χ4n) is 1.06. The summed E-state index contributed by atoms with van der Waals surface area (Å²) < 4.78 is 0. The molecule has 1 atom stereocenters. The zero-order chi connectivity index (χ0) is 8.27. The van der Waals surface area contributed by atoms with Crippen molar-refractivity contribution < 1.29 is 0 Å². The van der Waals surface area contributed by atoms with E-state index >= 15 is 0 Å². The molecule has 0 spiro atoms. The lowest BCUT2D eigenvalue weighted by Gasteiger charge is -2.04. The molecule has 0 aromatic heterocycles. The highest BCUT2D eigenvalue weighted by molar-refractivity contribution is 6.51. The minimum atomic E-state index is 0.154. The largest absolute Gasteiger partial charge is 0.324 e. The molecule has 1 nitrogen and oxygen atoms in total. The number of benzene rings is 1. The first-order valence-electron chi connectivity index (χ1n) is 4.08. The molecule has 1 aromatic rings. The molecule has 11 heavy (non-hydrogen) atoms. The van der Waals surface area contributed by atoms with Crippen LogP contribution in [0.25, 0.3) is 0 Å². The van der Waals surface area contributed by atoms with Crippen molar-refractivity contribution >= 4 is 12.7 Å². The summed E-state index contributed by atoms with van der Waals surface area (Å²) in [5.41, 5.74) is 8.29. The van der Waals surface area contributed by atoms with Crippen molar-refractivity contribution in [1.82, 2.24) is 0 Å². The van der Waals surface area contributed by atoms with Gasteiger partial charge in [-0.05, 0) is 12.5 Å². The van der Waals surface area contributed by atoms with Crippen LogP contribution in [0.15, 0.2) is 24.3 Å². The maximum absolute atomic E-state index is 5.71. The topological polar surface area (TPSA) is 26.0 Å². The van der Waals surface area contributed by atoms with Crippen LogP contribution in [0, 0.1) is 0 Å². The molecule has 2 N–H and O–H groups in total. The summed E-state index contributed by atoms with van der Waals surface area (Å²) in [6.07, 6.45) is 0. The standard InChI is InChI=1S/C9H14BN/c1-7(11)8-3-5-9(10-2)6-4-8/h3-7,10H,11H2,1-2H3/t7-/m1/s1. The van der Waals surface area contributed by atoms with Crippen LogP contribution in [-0.2, 0) is 0 Å². The van der Waals surface area contributed by atoms with Crippen molar-refractivity contribution in [2.24, 2.45) is 5.73 Å². The summed E-state index contributed by atoms with van der Waals surface area (Å²) in [5.74, 6) is 0. The lowest BCUT2D eigenvalue weighted by Crippen LogP contribution is -2.11. The SMILES string of the molecule is CBc1ccc([C@@H](C)N)cc1. The molecule has 0 amide bonds. The third-order valence-electron chi connectivity index (χ3n) is 1.91. The van der Waals surface area contributed by atoms with E-state index in [9.17, 15) is 0 Å². The van der Waals surface area contributed by atoms with Crippen LogP contribution in [0.3, 0.4) is 0 Å². The monoisotopic (exact) mass is 147 g/mol. The van der Waals surface area contributed by atoms with Crippen LogP contribution in [-0.4, -0.2) is 7.28 Å². The van der Waals surface area contributed by atoms with Gasteiger partial charge in [0.15, 0.2) is 7.28 Å². The van der Waals surface area contributed by atoms with Gasteiger partial charge < -0.3 is 5.73 Å². The molecule has 2 heteroatoms. The van der Waals surface area contributed by atoms with Gasteiger partial charge in [0.25, 0.3) is 0 Å². The molecule has 1 aromatic carbocycles. The molecule has 0 aliphatic heterocycles. The van der Waals surface area contributed by atoms with Gasteiger partial charge in [-0.25, -0.2) is 0 Å². The summed E-state index contributed by atoms with van der Waals surface area (Å²) in [6.45, 7) is 4.15. The van der Waals surface area contributed by atoms with Crippen molar-refractivity contribution in [3.05, 3.63) is 29.8 Å². The molecule has 0 aliphatic carbocycles. The number of hydrogen-bond acceptors (Lipinski definition) is 1. The zero-order valence-corrected chi connectivity index (χ0v) is 7.17. The Morgan fingerprint density at radius 3 is 2.18 bits per heavy atom. The van der Waals surface area contributed by atoms with E-state index in [1.165, 1.54) is 11.0 Å². The molecule has 0 unspecified atom stereocenters. The van der Waals surface area contributed by atoms with E-state index in [-0.39, 0.29) is 6.04 Å². The summed E-state index contributed by atoms with van der Waals surface area (Å²) in [6, 6.07) is 8.63. The van der Waals surface area contributed by atoms with Crippen molar-refractivity contribution in [1.29, 1.82) is 0 Å². The summed E-state index contributed by atoms with van der Waals surface area (Å²) >= 11 is 0. The Bertz CT molecular complexity index is 216. The van der Waals surface area contributed by atoms with Crippen LogP contribution in [0.1, 0.15) is 18.5 Å². The second-order valence-electron chi connectivity index (χ2n) is 2.88. The Kier molecular flexibility index (Phi) is 2.72. The minimum Gasteiger partial charge on any atom is -0.324 e. The highest BCUT2D eigenvalue weighted by atomic mass is 14.6. The van der Waals surface area contributed by atoms with Crippen LogP contribution >= 0.6 is 0 Å². The van der Waals surface area contributed by atoms with E-state index in [0.29, 0.717) is 0 Å². The van der Waals surface area contributed by atoms with E-state index in [0.717, 1.165) is 7.28 Å². The van der Waals surface area contributed by atoms with E-state index in [1.54, 1.807) is 0 Å². The Morgan fingerprint density at radius 1 is 1.27 bits per heavy atom. The molecule has 0 heterocycles. The molecule has 58 valence electrons. The lowest BCUT2D eigenvalue weighted by atomic mass is 9.73. The van der Waals surface area contributed by atoms with Crippen LogP contribution in [0.2, 0.25) is 6.82 Å². The lowest BCUT2D eigenvalue weighted by molar-refractivity contribution is 0.819. The first-order valence-corrected chi connectivity index (χ1v) is 4.08. The van der Waals surface area contributed by atoms with Gasteiger partial charge in [-0.2, -0.15) is 0 Å². The van der Waals surface area contributed by atoms with Crippen molar-refractivity contribution in [3.63, 3.8) is 0 Å². The fraction of sp³-hybridized carbons (Fsp3) is 0.333. The molecule has 0 fully saturated rings. The third-order valence-corrected chi connectivity index (χ3v) is 1.91. The normalized spacial score (nSPS) is 12.6. The first-order chi connectivity index (χ1) is 5.24. The average Bonchev–Trinajstić information content (AvgIpc) is 2.05. The molecule has 0 saturated carbocycles. The highest BCUT2D eigenvalue weighted by Crippen LogP contribution is 2.05. The predicted molar refractivity (Wildman–Crippen MR) is 51.7 cm³/mol. The minimum absolute atomic E-state index is 0.154. The Morgan fingerprint density at radius 2 is 1.82 bits per heavy atom. The molecule has 0 radical (unpaired) electrons. The second kappa shape index (κ2) is 3.58. The van der Waals surface area contributed by atoms with Crippen molar-refractivity contribution in [2.75, 3.05) is 0 Å². The predicted octanol–water partition coefficient (Wildman–Crippen LogP) is 0.816. The molecular formula is C9H14BN. The van der Waals surface area contributed by atoms with E-state index < -0.39 is 0 Å². The van der Waals surface area contributed by atoms with Gasteiger partial charge in [0.1, 0.15) is 0 Å². The van der Waals surface area contributed by atoms with E-state index in [4.69, 9.17) is 5.73 Å². The third kappa shape index (κ3) is 2.09. The van der Waals surface area contributed by atoms with Gasteiger partial charge in [-0.3, -0.25) is 0 Å². The van der Waals surface area contributed by atoms with E-state index in [2.05, 4.69) is 31.1 Å². The second-order valence-corrected chi connectivity index (χ2v) is 2.88. The zero-order valence-electron chi connectivity index (χ0n) is 7.17. The van der Waals surface area contributed by atoms with Gasteiger partial charge in [0.05, 0.1) is 0 Å². The van der Waals surface area contributed by atoms with Gasteiger partial charge in [0.2, 0.25) is 0 Å².